The predicted octanol–water partition coefficient (Wildman–Crippen LogP) is 1.99. The van der Waals surface area contributed by atoms with Crippen LogP contribution in [0.25, 0.3) is 0 Å². The average Bonchev–Trinajstić information content (AvgIpc) is 2.86. The Morgan fingerprint density at radius 3 is 3.11 bits per heavy atom. The summed E-state index contributed by atoms with van der Waals surface area (Å²) in [6, 6.07) is 6.83. The number of benzene rings is 1. The first-order valence-corrected chi connectivity index (χ1v) is 6.75. The van der Waals surface area contributed by atoms with E-state index in [0.717, 1.165) is 31.1 Å². The zero-order chi connectivity index (χ0) is 12.4. The van der Waals surface area contributed by atoms with Crippen LogP contribution in [0.3, 0.4) is 0 Å². The molecule has 0 bridgehead atoms. The maximum Gasteiger partial charge on any atom is 0.231 e. The highest BCUT2D eigenvalue weighted by Crippen LogP contribution is 2.35. The van der Waals surface area contributed by atoms with Gasteiger partial charge in [-0.05, 0) is 18.6 Å². The first kappa shape index (κ1) is 11.7. The van der Waals surface area contributed by atoms with E-state index >= 15 is 0 Å². The summed E-state index contributed by atoms with van der Waals surface area (Å²) in [5.74, 6) is 1.73. The summed E-state index contributed by atoms with van der Waals surface area (Å²) in [5.41, 5.74) is 1.24. The first-order chi connectivity index (χ1) is 8.86. The molecule has 0 saturated carbocycles. The molecule has 1 unspecified atom stereocenters. The van der Waals surface area contributed by atoms with Crippen LogP contribution in [0.1, 0.15) is 19.8 Å². The van der Waals surface area contributed by atoms with Crippen molar-refractivity contribution in [2.24, 2.45) is 0 Å². The van der Waals surface area contributed by atoms with Crippen molar-refractivity contribution in [1.29, 1.82) is 0 Å². The Balaban J connectivity index is 1.73. The van der Waals surface area contributed by atoms with E-state index in [1.54, 1.807) is 0 Å². The Morgan fingerprint density at radius 2 is 2.22 bits per heavy atom. The molecule has 1 aromatic rings. The lowest BCUT2D eigenvalue weighted by Gasteiger charge is -2.35. The molecule has 98 valence electrons. The zero-order valence-corrected chi connectivity index (χ0v) is 10.8. The van der Waals surface area contributed by atoms with E-state index < -0.39 is 0 Å². The third-order valence-electron chi connectivity index (χ3n) is 3.61. The van der Waals surface area contributed by atoms with Crippen LogP contribution in [-0.2, 0) is 0 Å². The standard InChI is InChI=1S/C14H20N2O2/c1-2-3-11-9-16(7-6-15-11)12-4-5-13-14(8-12)18-10-17-13/h4-5,8,11,15H,2-3,6-7,9-10H2,1H3. The van der Waals surface area contributed by atoms with Gasteiger partial charge in [0, 0.05) is 37.4 Å². The molecule has 18 heavy (non-hydrogen) atoms. The largest absolute Gasteiger partial charge is 0.454 e. The summed E-state index contributed by atoms with van der Waals surface area (Å²) >= 11 is 0. The molecule has 1 saturated heterocycles. The fourth-order valence-electron chi connectivity index (χ4n) is 2.68. The minimum Gasteiger partial charge on any atom is -0.454 e. The molecule has 0 amide bonds. The number of nitrogens with zero attached hydrogens (tertiary/aromatic N) is 1. The minimum absolute atomic E-state index is 0.346. The van der Waals surface area contributed by atoms with Crippen LogP contribution in [0, 0.1) is 0 Å². The number of ether oxygens (including phenoxy) is 2. The number of hydrogen-bond acceptors (Lipinski definition) is 4. The van der Waals surface area contributed by atoms with Crippen LogP contribution in [-0.4, -0.2) is 32.5 Å². The highest BCUT2D eigenvalue weighted by Gasteiger charge is 2.21. The zero-order valence-electron chi connectivity index (χ0n) is 10.8. The molecule has 0 radical (unpaired) electrons. The van der Waals surface area contributed by atoms with Gasteiger partial charge in [-0.2, -0.15) is 0 Å². The summed E-state index contributed by atoms with van der Waals surface area (Å²) in [7, 11) is 0. The Kier molecular flexibility index (Phi) is 3.28. The third kappa shape index (κ3) is 2.25. The Labute approximate surface area is 108 Å². The molecule has 1 atom stereocenters. The average molecular weight is 248 g/mol. The molecule has 4 heteroatoms. The van der Waals surface area contributed by atoms with E-state index in [2.05, 4.69) is 29.3 Å². The van der Waals surface area contributed by atoms with Crippen molar-refractivity contribution < 1.29 is 9.47 Å². The van der Waals surface area contributed by atoms with Crippen LogP contribution in [0.15, 0.2) is 18.2 Å². The van der Waals surface area contributed by atoms with Crippen molar-refractivity contribution in [3.05, 3.63) is 18.2 Å². The van der Waals surface area contributed by atoms with Crippen molar-refractivity contribution >= 4 is 5.69 Å². The number of anilines is 1. The Morgan fingerprint density at radius 1 is 1.33 bits per heavy atom. The van der Waals surface area contributed by atoms with Gasteiger partial charge < -0.3 is 19.7 Å². The van der Waals surface area contributed by atoms with Gasteiger partial charge in [0.2, 0.25) is 6.79 Å². The third-order valence-corrected chi connectivity index (χ3v) is 3.61. The lowest BCUT2D eigenvalue weighted by molar-refractivity contribution is 0.174. The van der Waals surface area contributed by atoms with Crippen molar-refractivity contribution in [2.45, 2.75) is 25.8 Å². The normalized spacial score (nSPS) is 22.3. The SMILES string of the molecule is CCCC1CN(c2ccc3c(c2)OCO3)CCN1. The second-order valence-corrected chi connectivity index (χ2v) is 4.92. The first-order valence-electron chi connectivity index (χ1n) is 6.75. The fraction of sp³-hybridized carbons (Fsp3) is 0.571. The van der Waals surface area contributed by atoms with Crippen LogP contribution in [0.2, 0.25) is 0 Å². The molecule has 0 spiro atoms. The van der Waals surface area contributed by atoms with E-state index in [-0.39, 0.29) is 0 Å². The van der Waals surface area contributed by atoms with Gasteiger partial charge in [0.15, 0.2) is 11.5 Å². The second kappa shape index (κ2) is 5.06. The van der Waals surface area contributed by atoms with Gasteiger partial charge in [0.1, 0.15) is 0 Å². The van der Waals surface area contributed by atoms with Gasteiger partial charge in [-0.1, -0.05) is 13.3 Å². The van der Waals surface area contributed by atoms with Crippen molar-refractivity contribution in [1.82, 2.24) is 5.32 Å². The van der Waals surface area contributed by atoms with Gasteiger partial charge in [-0.25, -0.2) is 0 Å². The number of fused-ring (bicyclic) bond motifs is 1. The molecule has 1 N–H and O–H groups in total. The van der Waals surface area contributed by atoms with Gasteiger partial charge in [0.25, 0.3) is 0 Å². The monoisotopic (exact) mass is 248 g/mol. The van der Waals surface area contributed by atoms with Gasteiger partial charge >= 0.3 is 0 Å². The summed E-state index contributed by atoms with van der Waals surface area (Å²) < 4.78 is 10.8. The van der Waals surface area contributed by atoms with Crippen LogP contribution < -0.4 is 19.7 Å². The molecule has 4 nitrogen and oxygen atoms in total. The molecule has 0 aromatic heterocycles. The lowest BCUT2D eigenvalue weighted by atomic mass is 10.1. The molecule has 0 aliphatic carbocycles. The van der Waals surface area contributed by atoms with E-state index in [1.807, 2.05) is 6.07 Å². The summed E-state index contributed by atoms with van der Waals surface area (Å²) in [4.78, 5) is 2.43. The molecule has 1 fully saturated rings. The lowest BCUT2D eigenvalue weighted by Crippen LogP contribution is -2.50. The van der Waals surface area contributed by atoms with Crippen LogP contribution >= 0.6 is 0 Å². The smallest absolute Gasteiger partial charge is 0.231 e. The number of rotatable bonds is 3. The molecule has 3 rings (SSSR count). The topological polar surface area (TPSA) is 33.7 Å². The Hall–Kier alpha value is -1.42. The van der Waals surface area contributed by atoms with E-state index in [0.29, 0.717) is 12.8 Å². The molecule has 1 aromatic carbocycles. The highest BCUT2D eigenvalue weighted by atomic mass is 16.7. The van der Waals surface area contributed by atoms with Crippen molar-refractivity contribution in [2.75, 3.05) is 31.3 Å². The number of nitrogens with one attached hydrogen (secondary N) is 1. The number of hydrogen-bond donors (Lipinski definition) is 1. The fourth-order valence-corrected chi connectivity index (χ4v) is 2.68. The van der Waals surface area contributed by atoms with Crippen LogP contribution in [0.5, 0.6) is 11.5 Å². The van der Waals surface area contributed by atoms with Gasteiger partial charge in [0.05, 0.1) is 0 Å². The number of piperazine rings is 1. The summed E-state index contributed by atoms with van der Waals surface area (Å²) in [6.45, 7) is 5.77. The van der Waals surface area contributed by atoms with Gasteiger partial charge in [-0.15, -0.1) is 0 Å². The molecule has 2 heterocycles. The summed E-state index contributed by atoms with van der Waals surface area (Å²) in [6.07, 6.45) is 2.47. The second-order valence-electron chi connectivity index (χ2n) is 4.92. The maximum absolute atomic E-state index is 5.44. The predicted molar refractivity (Wildman–Crippen MR) is 71.5 cm³/mol. The molecular formula is C14H20N2O2. The summed E-state index contributed by atoms with van der Waals surface area (Å²) in [5, 5.41) is 3.57. The van der Waals surface area contributed by atoms with E-state index in [4.69, 9.17) is 9.47 Å². The quantitative estimate of drug-likeness (QED) is 0.887. The van der Waals surface area contributed by atoms with Crippen molar-refractivity contribution in [3.63, 3.8) is 0 Å². The van der Waals surface area contributed by atoms with Crippen LogP contribution in [0.4, 0.5) is 5.69 Å². The molecule has 2 aliphatic rings. The van der Waals surface area contributed by atoms with E-state index in [1.165, 1.54) is 18.5 Å². The minimum atomic E-state index is 0.346. The van der Waals surface area contributed by atoms with Gasteiger partial charge in [-0.3, -0.25) is 0 Å². The van der Waals surface area contributed by atoms with E-state index in [9.17, 15) is 0 Å². The maximum atomic E-state index is 5.44. The molecule has 2 aliphatic heterocycles. The Bertz CT molecular complexity index is 420. The highest BCUT2D eigenvalue weighted by molar-refractivity contribution is 5.57. The molecular weight excluding hydrogens is 228 g/mol. The van der Waals surface area contributed by atoms with Crippen molar-refractivity contribution in [3.8, 4) is 11.5 Å².